The van der Waals surface area contributed by atoms with Gasteiger partial charge in [-0.2, -0.15) is 0 Å². The Labute approximate surface area is 98.5 Å². The van der Waals surface area contributed by atoms with Gasteiger partial charge in [0, 0.05) is 12.7 Å². The quantitative estimate of drug-likeness (QED) is 0.725. The molecule has 0 unspecified atom stereocenters. The number of nitrogens with two attached hydrogens (primary N) is 1. The Morgan fingerprint density at radius 3 is 2.81 bits per heavy atom. The minimum absolute atomic E-state index is 0.770. The minimum atomic E-state index is 0.770. The Kier molecular flexibility index (Phi) is 5.09. The number of hydrogen-bond donors (Lipinski definition) is 2. The first-order valence-corrected chi connectivity index (χ1v) is 6.06. The van der Waals surface area contributed by atoms with Crippen molar-refractivity contribution in [3.63, 3.8) is 0 Å². The van der Waals surface area contributed by atoms with E-state index < -0.39 is 0 Å². The summed E-state index contributed by atoms with van der Waals surface area (Å²) >= 11 is 0. The number of pyridine rings is 1. The van der Waals surface area contributed by atoms with Crippen LogP contribution in [-0.4, -0.2) is 11.5 Å². The maximum atomic E-state index is 5.92. The van der Waals surface area contributed by atoms with Crippen LogP contribution in [0.5, 0.6) is 0 Å². The summed E-state index contributed by atoms with van der Waals surface area (Å²) in [5.74, 6) is 1.62. The van der Waals surface area contributed by atoms with Crippen molar-refractivity contribution in [2.75, 3.05) is 17.6 Å². The molecule has 16 heavy (non-hydrogen) atoms. The number of hydrogen-bond acceptors (Lipinski definition) is 3. The van der Waals surface area contributed by atoms with Gasteiger partial charge in [-0.1, -0.05) is 26.7 Å². The van der Waals surface area contributed by atoms with Gasteiger partial charge in [-0.3, -0.25) is 0 Å². The van der Waals surface area contributed by atoms with Gasteiger partial charge in [0.05, 0.1) is 5.69 Å². The predicted octanol–water partition coefficient (Wildman–Crippen LogP) is 3.21. The number of aryl methyl sites for hydroxylation is 1. The van der Waals surface area contributed by atoms with Crippen LogP contribution in [0, 0.1) is 12.8 Å². The normalized spacial score (nSPS) is 10.8. The van der Waals surface area contributed by atoms with Crippen molar-refractivity contribution in [1.82, 2.24) is 4.98 Å². The van der Waals surface area contributed by atoms with Crippen molar-refractivity contribution < 1.29 is 0 Å². The fourth-order valence-corrected chi connectivity index (χ4v) is 1.59. The highest BCUT2D eigenvalue weighted by Crippen LogP contribution is 2.18. The first-order chi connectivity index (χ1) is 7.61. The van der Waals surface area contributed by atoms with Gasteiger partial charge >= 0.3 is 0 Å². The molecule has 0 bridgehead atoms. The van der Waals surface area contributed by atoms with E-state index >= 15 is 0 Å². The summed E-state index contributed by atoms with van der Waals surface area (Å²) in [6.07, 6.45) is 5.52. The van der Waals surface area contributed by atoms with Gasteiger partial charge in [0.1, 0.15) is 5.82 Å². The van der Waals surface area contributed by atoms with Crippen LogP contribution in [0.4, 0.5) is 11.5 Å². The average Bonchev–Trinajstić information content (AvgIpc) is 2.23. The minimum Gasteiger partial charge on any atom is -0.396 e. The Hall–Kier alpha value is -1.25. The highest BCUT2D eigenvalue weighted by Gasteiger charge is 2.01. The highest BCUT2D eigenvalue weighted by molar-refractivity contribution is 5.64. The van der Waals surface area contributed by atoms with E-state index in [2.05, 4.69) is 24.1 Å². The van der Waals surface area contributed by atoms with E-state index in [1.54, 1.807) is 6.20 Å². The number of nitrogens with zero attached hydrogens (tertiary/aromatic N) is 1. The Morgan fingerprint density at radius 1 is 1.38 bits per heavy atom. The van der Waals surface area contributed by atoms with Gasteiger partial charge in [-0.15, -0.1) is 0 Å². The van der Waals surface area contributed by atoms with E-state index in [1.807, 2.05) is 13.0 Å². The van der Waals surface area contributed by atoms with Gasteiger partial charge in [0.15, 0.2) is 0 Å². The lowest BCUT2D eigenvalue weighted by Crippen LogP contribution is -2.07. The average molecular weight is 221 g/mol. The van der Waals surface area contributed by atoms with Crippen molar-refractivity contribution >= 4 is 11.5 Å². The van der Waals surface area contributed by atoms with Gasteiger partial charge in [-0.05, 0) is 30.9 Å². The van der Waals surface area contributed by atoms with Crippen molar-refractivity contribution in [3.05, 3.63) is 17.8 Å². The summed E-state index contributed by atoms with van der Waals surface area (Å²) in [5.41, 5.74) is 7.77. The molecule has 0 atom stereocenters. The summed E-state index contributed by atoms with van der Waals surface area (Å²) in [4.78, 5) is 4.24. The summed E-state index contributed by atoms with van der Waals surface area (Å²) in [5, 5.41) is 3.29. The molecule has 0 spiro atoms. The SMILES string of the molecule is Cc1ccnc(NCCCCC(C)C)c1N. The molecule has 0 radical (unpaired) electrons. The highest BCUT2D eigenvalue weighted by atomic mass is 15.0. The Bertz CT molecular complexity index is 321. The van der Waals surface area contributed by atoms with Crippen LogP contribution in [-0.2, 0) is 0 Å². The summed E-state index contributed by atoms with van der Waals surface area (Å²) in [6.45, 7) is 7.47. The molecule has 0 saturated carbocycles. The molecule has 0 saturated heterocycles. The molecule has 0 aliphatic rings. The topological polar surface area (TPSA) is 50.9 Å². The van der Waals surface area contributed by atoms with E-state index in [-0.39, 0.29) is 0 Å². The van der Waals surface area contributed by atoms with E-state index in [4.69, 9.17) is 5.73 Å². The lowest BCUT2D eigenvalue weighted by Gasteiger charge is -2.10. The zero-order valence-corrected chi connectivity index (χ0v) is 10.6. The maximum absolute atomic E-state index is 5.92. The van der Waals surface area contributed by atoms with E-state index in [1.165, 1.54) is 19.3 Å². The molecule has 90 valence electrons. The fourth-order valence-electron chi connectivity index (χ4n) is 1.59. The molecule has 1 rings (SSSR count). The monoisotopic (exact) mass is 221 g/mol. The molecule has 3 nitrogen and oxygen atoms in total. The molecule has 0 amide bonds. The van der Waals surface area contributed by atoms with Gasteiger partial charge in [0.25, 0.3) is 0 Å². The lowest BCUT2D eigenvalue weighted by atomic mass is 10.1. The third kappa shape index (κ3) is 4.09. The summed E-state index contributed by atoms with van der Waals surface area (Å²) < 4.78 is 0. The van der Waals surface area contributed by atoms with E-state index in [0.717, 1.165) is 29.5 Å². The molecule has 0 fully saturated rings. The van der Waals surface area contributed by atoms with Gasteiger partial charge < -0.3 is 11.1 Å². The van der Waals surface area contributed by atoms with Crippen LogP contribution in [0.15, 0.2) is 12.3 Å². The third-order valence-corrected chi connectivity index (χ3v) is 2.71. The largest absolute Gasteiger partial charge is 0.396 e. The van der Waals surface area contributed by atoms with E-state index in [0.29, 0.717) is 0 Å². The summed E-state index contributed by atoms with van der Waals surface area (Å²) in [6, 6.07) is 1.93. The second-order valence-corrected chi connectivity index (χ2v) is 4.71. The first-order valence-electron chi connectivity index (χ1n) is 6.06. The number of rotatable bonds is 6. The number of anilines is 2. The molecule has 3 heteroatoms. The van der Waals surface area contributed by atoms with Crippen molar-refractivity contribution in [1.29, 1.82) is 0 Å². The molecular formula is C13H23N3. The number of nitrogen functional groups attached to an aromatic ring is 1. The predicted molar refractivity (Wildman–Crippen MR) is 70.6 cm³/mol. The van der Waals surface area contributed by atoms with Gasteiger partial charge in [-0.25, -0.2) is 4.98 Å². The van der Waals surface area contributed by atoms with Gasteiger partial charge in [0.2, 0.25) is 0 Å². The maximum Gasteiger partial charge on any atom is 0.149 e. The fraction of sp³-hybridized carbons (Fsp3) is 0.615. The zero-order valence-electron chi connectivity index (χ0n) is 10.6. The molecule has 0 aromatic carbocycles. The number of aromatic nitrogens is 1. The lowest BCUT2D eigenvalue weighted by molar-refractivity contribution is 0.544. The molecule has 1 aromatic rings. The van der Waals surface area contributed by atoms with Crippen LogP contribution in [0.3, 0.4) is 0 Å². The van der Waals surface area contributed by atoms with Crippen LogP contribution < -0.4 is 11.1 Å². The number of nitrogens with one attached hydrogen (secondary N) is 1. The van der Waals surface area contributed by atoms with Crippen LogP contribution in [0.1, 0.15) is 38.7 Å². The van der Waals surface area contributed by atoms with Crippen LogP contribution >= 0.6 is 0 Å². The van der Waals surface area contributed by atoms with E-state index in [9.17, 15) is 0 Å². The molecular weight excluding hydrogens is 198 g/mol. The smallest absolute Gasteiger partial charge is 0.149 e. The zero-order chi connectivity index (χ0) is 12.0. The Balaban J connectivity index is 2.29. The molecule has 0 aliphatic heterocycles. The van der Waals surface area contributed by atoms with Crippen molar-refractivity contribution in [2.45, 2.75) is 40.0 Å². The van der Waals surface area contributed by atoms with Crippen LogP contribution in [0.2, 0.25) is 0 Å². The molecule has 1 aromatic heterocycles. The third-order valence-electron chi connectivity index (χ3n) is 2.71. The van der Waals surface area contributed by atoms with Crippen molar-refractivity contribution in [2.24, 2.45) is 5.92 Å². The first kappa shape index (κ1) is 12.8. The standard InChI is InChI=1S/C13H23N3/c1-10(2)6-4-5-8-15-13-12(14)11(3)7-9-16-13/h7,9-10H,4-6,8,14H2,1-3H3,(H,15,16). The van der Waals surface area contributed by atoms with Crippen molar-refractivity contribution in [3.8, 4) is 0 Å². The molecule has 3 N–H and O–H groups in total. The Morgan fingerprint density at radius 2 is 2.12 bits per heavy atom. The second kappa shape index (κ2) is 6.36. The van der Waals surface area contributed by atoms with Crippen LogP contribution in [0.25, 0.3) is 0 Å². The molecule has 0 aliphatic carbocycles. The second-order valence-electron chi connectivity index (χ2n) is 4.71. The number of unbranched alkanes of at least 4 members (excludes halogenated alkanes) is 1. The summed E-state index contributed by atoms with van der Waals surface area (Å²) in [7, 11) is 0. The molecule has 1 heterocycles.